The first-order chi connectivity index (χ1) is 17.7. The number of nitrogens with zero attached hydrogens (tertiary/aromatic N) is 4. The monoisotopic (exact) mass is 522 g/mol. The molecule has 0 radical (unpaired) electrons. The van der Waals surface area contributed by atoms with Gasteiger partial charge in [-0.3, -0.25) is 9.59 Å². The third-order valence-corrected chi connectivity index (χ3v) is 8.06. The lowest BCUT2D eigenvalue weighted by molar-refractivity contribution is -0.127. The highest BCUT2D eigenvalue weighted by molar-refractivity contribution is 7.17. The van der Waals surface area contributed by atoms with Gasteiger partial charge < -0.3 is 14.7 Å². The average Bonchev–Trinajstić information content (AvgIpc) is 3.25. The number of carbonyl (C=O) groups is 2. The number of carbonyl (C=O) groups excluding carboxylic acids is 2. The highest BCUT2D eigenvalue weighted by Gasteiger charge is 2.42. The normalized spacial score (nSPS) is 19.0. The molecule has 1 fully saturated rings. The molecule has 2 amide bonds. The minimum absolute atomic E-state index is 0.180. The molecule has 5 rings (SSSR count). The minimum atomic E-state index is -3.27. The molecule has 2 aromatic carbocycles. The number of piperazine rings is 1. The standard InChI is InChI=1S/C28H28F2N4O2S/c1-19-25(37-26(31-19)20-8-4-3-5-9-20)27(36)34-13-12-28(29,30)22(21-10-6-7-11-23(21)34)18-24(35)33-16-14-32(2)15-17-33/h3-11,18H,12-17H2,1-2H3. The molecule has 0 unspecified atom stereocenters. The van der Waals surface area contributed by atoms with Gasteiger partial charge in [0.05, 0.1) is 11.4 Å². The van der Waals surface area contributed by atoms with E-state index in [9.17, 15) is 9.59 Å². The zero-order valence-electron chi connectivity index (χ0n) is 20.8. The Morgan fingerprint density at radius 3 is 2.38 bits per heavy atom. The van der Waals surface area contributed by atoms with Gasteiger partial charge in [0.1, 0.15) is 9.88 Å². The molecule has 0 N–H and O–H groups in total. The van der Waals surface area contributed by atoms with E-state index in [4.69, 9.17) is 0 Å². The predicted molar refractivity (Wildman–Crippen MR) is 142 cm³/mol. The van der Waals surface area contributed by atoms with Crippen LogP contribution in [0.25, 0.3) is 16.1 Å². The lowest BCUT2D eigenvalue weighted by Crippen LogP contribution is -2.46. The van der Waals surface area contributed by atoms with Gasteiger partial charge in [0, 0.05) is 61.9 Å². The Kier molecular flexibility index (Phi) is 6.92. The number of amides is 2. The molecule has 37 heavy (non-hydrogen) atoms. The maximum absolute atomic E-state index is 15.5. The second-order valence-electron chi connectivity index (χ2n) is 9.41. The maximum Gasteiger partial charge on any atom is 0.275 e. The number of fused-ring (bicyclic) bond motifs is 1. The van der Waals surface area contributed by atoms with Crippen molar-refractivity contribution in [1.82, 2.24) is 14.8 Å². The van der Waals surface area contributed by atoms with E-state index in [-0.39, 0.29) is 23.6 Å². The van der Waals surface area contributed by atoms with Crippen molar-refractivity contribution in [2.45, 2.75) is 19.3 Å². The van der Waals surface area contributed by atoms with Crippen LogP contribution in [0.3, 0.4) is 0 Å². The van der Waals surface area contributed by atoms with Gasteiger partial charge in [-0.2, -0.15) is 0 Å². The quantitative estimate of drug-likeness (QED) is 0.457. The molecule has 1 saturated heterocycles. The third kappa shape index (κ3) is 5.06. The van der Waals surface area contributed by atoms with Gasteiger partial charge in [0.15, 0.2) is 0 Å². The first kappa shape index (κ1) is 25.2. The van der Waals surface area contributed by atoms with E-state index in [1.54, 1.807) is 36.1 Å². The van der Waals surface area contributed by atoms with Gasteiger partial charge in [-0.25, -0.2) is 13.8 Å². The van der Waals surface area contributed by atoms with Crippen molar-refractivity contribution in [2.24, 2.45) is 0 Å². The number of rotatable bonds is 3. The molecule has 3 aromatic rings. The van der Waals surface area contributed by atoms with E-state index in [2.05, 4.69) is 9.88 Å². The molecule has 192 valence electrons. The molecule has 0 bridgehead atoms. The van der Waals surface area contributed by atoms with Crippen LogP contribution in [0.5, 0.6) is 0 Å². The largest absolute Gasteiger partial charge is 0.337 e. The Balaban J connectivity index is 1.51. The Morgan fingerprint density at radius 2 is 1.65 bits per heavy atom. The molecule has 2 aliphatic rings. The highest BCUT2D eigenvalue weighted by Crippen LogP contribution is 2.44. The van der Waals surface area contributed by atoms with Gasteiger partial charge in [-0.1, -0.05) is 48.5 Å². The van der Waals surface area contributed by atoms with E-state index in [1.165, 1.54) is 16.2 Å². The van der Waals surface area contributed by atoms with Crippen molar-refractivity contribution >= 4 is 34.4 Å². The lowest BCUT2D eigenvalue weighted by atomic mass is 9.96. The molecule has 1 aromatic heterocycles. The molecular formula is C28H28F2N4O2S. The summed E-state index contributed by atoms with van der Waals surface area (Å²) in [5, 5.41) is 0.702. The van der Waals surface area contributed by atoms with Crippen LogP contribution in [0, 0.1) is 6.92 Å². The van der Waals surface area contributed by atoms with Gasteiger partial charge >= 0.3 is 0 Å². The number of likely N-dealkylation sites (N-methyl/N-ethyl adjacent to an activating group) is 1. The van der Waals surface area contributed by atoms with Crippen molar-refractivity contribution < 1.29 is 18.4 Å². The number of hydrogen-bond donors (Lipinski definition) is 0. The number of alkyl halides is 2. The molecule has 0 spiro atoms. The number of anilines is 1. The summed E-state index contributed by atoms with van der Waals surface area (Å²) in [6.07, 6.45) is 0.488. The summed E-state index contributed by atoms with van der Waals surface area (Å²) in [4.78, 5) is 36.9. The maximum atomic E-state index is 15.5. The van der Waals surface area contributed by atoms with E-state index < -0.39 is 18.3 Å². The van der Waals surface area contributed by atoms with Crippen LogP contribution in [0.1, 0.15) is 27.3 Å². The summed E-state index contributed by atoms with van der Waals surface area (Å²) in [6, 6.07) is 16.1. The van der Waals surface area contributed by atoms with Crippen molar-refractivity contribution in [3.8, 4) is 10.6 Å². The third-order valence-electron chi connectivity index (χ3n) is 6.87. The summed E-state index contributed by atoms with van der Waals surface area (Å²) in [6.45, 7) is 3.96. The number of aryl methyl sites for hydroxylation is 1. The Labute approximate surface area is 218 Å². The zero-order chi connectivity index (χ0) is 26.2. The topological polar surface area (TPSA) is 56.8 Å². The highest BCUT2D eigenvalue weighted by atomic mass is 32.1. The van der Waals surface area contributed by atoms with Crippen LogP contribution in [0.2, 0.25) is 0 Å². The van der Waals surface area contributed by atoms with Gasteiger partial charge in [0.25, 0.3) is 11.8 Å². The Bertz CT molecular complexity index is 1350. The van der Waals surface area contributed by atoms with Crippen molar-refractivity contribution in [3.05, 3.63) is 76.8 Å². The molecule has 0 atom stereocenters. The first-order valence-corrected chi connectivity index (χ1v) is 13.1. The fourth-order valence-electron chi connectivity index (χ4n) is 4.70. The fraction of sp³-hybridized carbons (Fsp3) is 0.321. The summed E-state index contributed by atoms with van der Waals surface area (Å²) in [5.41, 5.74) is 1.68. The van der Waals surface area contributed by atoms with Crippen molar-refractivity contribution in [2.75, 3.05) is 44.7 Å². The summed E-state index contributed by atoms with van der Waals surface area (Å²) in [5.74, 6) is -4.07. The second kappa shape index (κ2) is 10.1. The van der Waals surface area contributed by atoms with Crippen LogP contribution in [-0.4, -0.2) is 72.3 Å². The molecule has 0 saturated carbocycles. The van der Waals surface area contributed by atoms with Crippen molar-refractivity contribution in [1.29, 1.82) is 0 Å². The summed E-state index contributed by atoms with van der Waals surface area (Å²) >= 11 is 1.26. The number of allylic oxidation sites excluding steroid dienone is 1. The summed E-state index contributed by atoms with van der Waals surface area (Å²) in [7, 11) is 1.97. The first-order valence-electron chi connectivity index (χ1n) is 12.3. The van der Waals surface area contributed by atoms with Crippen LogP contribution in [0.15, 0.2) is 60.7 Å². The predicted octanol–water partition coefficient (Wildman–Crippen LogP) is 4.96. The molecule has 2 aliphatic heterocycles. The lowest BCUT2D eigenvalue weighted by Gasteiger charge is -2.32. The fourth-order valence-corrected chi connectivity index (χ4v) is 5.72. The van der Waals surface area contributed by atoms with Crippen molar-refractivity contribution in [3.63, 3.8) is 0 Å². The molecule has 3 heterocycles. The number of thiazole rings is 1. The van der Waals surface area contributed by atoms with Crippen LogP contribution >= 0.6 is 11.3 Å². The van der Waals surface area contributed by atoms with Crippen LogP contribution < -0.4 is 4.90 Å². The zero-order valence-corrected chi connectivity index (χ0v) is 21.6. The average molecular weight is 523 g/mol. The smallest absolute Gasteiger partial charge is 0.275 e. The molecular weight excluding hydrogens is 494 g/mol. The van der Waals surface area contributed by atoms with E-state index >= 15 is 8.78 Å². The number of hydrogen-bond acceptors (Lipinski definition) is 5. The van der Waals surface area contributed by atoms with Crippen LogP contribution in [-0.2, 0) is 4.79 Å². The van der Waals surface area contributed by atoms with E-state index in [1.807, 2.05) is 37.4 Å². The minimum Gasteiger partial charge on any atom is -0.337 e. The molecule has 0 aliphatic carbocycles. The van der Waals surface area contributed by atoms with Crippen LogP contribution in [0.4, 0.5) is 14.5 Å². The number of para-hydroxylation sites is 1. The summed E-state index contributed by atoms with van der Waals surface area (Å²) < 4.78 is 31.1. The number of halogens is 2. The van der Waals surface area contributed by atoms with Gasteiger partial charge in [-0.15, -0.1) is 11.3 Å². The Hall–Kier alpha value is -3.43. The second-order valence-corrected chi connectivity index (χ2v) is 10.4. The van der Waals surface area contributed by atoms with E-state index in [0.717, 1.165) is 11.6 Å². The van der Waals surface area contributed by atoms with Gasteiger partial charge in [0.2, 0.25) is 5.91 Å². The molecule has 9 heteroatoms. The van der Waals surface area contributed by atoms with E-state index in [0.29, 0.717) is 47.4 Å². The SMILES string of the molecule is Cc1nc(-c2ccccc2)sc1C(=O)N1CCC(F)(F)C(=CC(=O)N2CCN(C)CC2)c2ccccc21. The molecule has 6 nitrogen and oxygen atoms in total. The number of aromatic nitrogens is 1. The van der Waals surface area contributed by atoms with Gasteiger partial charge in [-0.05, 0) is 20.0 Å². The Morgan fingerprint density at radius 1 is 0.973 bits per heavy atom. The number of benzene rings is 2.